The van der Waals surface area contributed by atoms with Crippen LogP contribution in [0.2, 0.25) is 10.0 Å². The number of halogens is 2. The molecule has 0 N–H and O–H groups in total. The van der Waals surface area contributed by atoms with Crippen LogP contribution in [0.15, 0.2) is 40.9 Å². The van der Waals surface area contributed by atoms with E-state index in [9.17, 15) is 4.79 Å². The molecule has 1 aliphatic heterocycles. The van der Waals surface area contributed by atoms with Gasteiger partial charge in [-0.1, -0.05) is 28.4 Å². The van der Waals surface area contributed by atoms with Crippen LogP contribution in [0, 0.1) is 0 Å². The van der Waals surface area contributed by atoms with Crippen molar-refractivity contribution in [3.8, 4) is 22.9 Å². The summed E-state index contributed by atoms with van der Waals surface area (Å²) in [6, 6.07) is 9.96. The highest BCUT2D eigenvalue weighted by atomic mass is 35.5. The first-order valence-electron chi connectivity index (χ1n) is 7.95. The molecule has 0 amide bonds. The van der Waals surface area contributed by atoms with Gasteiger partial charge in [0.25, 0.3) is 5.89 Å². The average molecular weight is 407 g/mol. The van der Waals surface area contributed by atoms with Gasteiger partial charge < -0.3 is 18.7 Å². The van der Waals surface area contributed by atoms with Gasteiger partial charge in [-0.15, -0.1) is 0 Å². The molecule has 0 bridgehead atoms. The molecule has 2 heterocycles. The summed E-state index contributed by atoms with van der Waals surface area (Å²) in [6.45, 7) is 0.617. The number of esters is 1. The van der Waals surface area contributed by atoms with Gasteiger partial charge in [-0.3, -0.25) is 0 Å². The molecule has 1 aliphatic rings. The summed E-state index contributed by atoms with van der Waals surface area (Å²) in [6.07, 6.45) is 0. The minimum Gasteiger partial charge on any atom is -0.486 e. The lowest BCUT2D eigenvalue weighted by Gasteiger charge is -2.19. The molecule has 0 saturated carbocycles. The maximum absolute atomic E-state index is 12.3. The molecule has 0 unspecified atom stereocenters. The van der Waals surface area contributed by atoms with Crippen molar-refractivity contribution >= 4 is 29.2 Å². The van der Waals surface area contributed by atoms with Crippen molar-refractivity contribution in [2.75, 3.05) is 13.2 Å². The molecule has 0 aliphatic carbocycles. The second kappa shape index (κ2) is 7.46. The van der Waals surface area contributed by atoms with Gasteiger partial charge in [0.1, 0.15) is 13.2 Å². The third-order valence-corrected chi connectivity index (χ3v) is 4.26. The maximum atomic E-state index is 12.3. The molecule has 9 heteroatoms. The van der Waals surface area contributed by atoms with Crippen LogP contribution in [0.25, 0.3) is 11.4 Å². The van der Waals surface area contributed by atoms with Gasteiger partial charge in [-0.05, 0) is 36.4 Å². The Morgan fingerprint density at radius 3 is 2.70 bits per heavy atom. The topological polar surface area (TPSA) is 83.7 Å². The molecular formula is C18H12Cl2N2O5. The second-order valence-corrected chi connectivity index (χ2v) is 6.42. The van der Waals surface area contributed by atoms with Crippen LogP contribution >= 0.6 is 23.2 Å². The lowest BCUT2D eigenvalue weighted by Crippen LogP contribution is -2.16. The SMILES string of the molecule is O=C(OCc1nc(-c2ccc(Cl)cc2)no1)c1cc(Cl)c2c(c1)OCCO2. The summed E-state index contributed by atoms with van der Waals surface area (Å²) in [4.78, 5) is 16.5. The van der Waals surface area contributed by atoms with Crippen molar-refractivity contribution in [3.63, 3.8) is 0 Å². The second-order valence-electron chi connectivity index (χ2n) is 5.58. The molecular weight excluding hydrogens is 395 g/mol. The molecule has 1 aromatic heterocycles. The number of hydrogen-bond donors (Lipinski definition) is 0. The van der Waals surface area contributed by atoms with Crippen molar-refractivity contribution in [2.24, 2.45) is 0 Å². The highest BCUT2D eigenvalue weighted by molar-refractivity contribution is 6.32. The Labute approximate surface area is 163 Å². The number of hydrogen-bond acceptors (Lipinski definition) is 7. The number of ether oxygens (including phenoxy) is 3. The molecule has 0 fully saturated rings. The Morgan fingerprint density at radius 1 is 1.11 bits per heavy atom. The summed E-state index contributed by atoms with van der Waals surface area (Å²) < 4.78 is 21.2. The Kier molecular flexibility index (Phi) is 4.87. The normalized spacial score (nSPS) is 12.7. The van der Waals surface area contributed by atoms with Gasteiger partial charge in [0.2, 0.25) is 5.82 Å². The minimum absolute atomic E-state index is 0.164. The van der Waals surface area contributed by atoms with Gasteiger partial charge in [0.15, 0.2) is 18.1 Å². The van der Waals surface area contributed by atoms with Crippen LogP contribution < -0.4 is 9.47 Å². The fraction of sp³-hybridized carbons (Fsp3) is 0.167. The molecule has 0 radical (unpaired) electrons. The monoisotopic (exact) mass is 406 g/mol. The standard InChI is InChI=1S/C18H12Cl2N2O5/c19-12-3-1-10(2-4-12)17-21-15(27-22-17)9-26-18(23)11-7-13(20)16-14(8-11)24-5-6-25-16/h1-4,7-8H,5-6,9H2. The smallest absolute Gasteiger partial charge is 0.338 e. The summed E-state index contributed by atoms with van der Waals surface area (Å²) in [5.41, 5.74) is 0.973. The fourth-order valence-corrected chi connectivity index (χ4v) is 2.86. The van der Waals surface area contributed by atoms with E-state index in [0.29, 0.717) is 35.6 Å². The fourth-order valence-electron chi connectivity index (χ4n) is 2.47. The van der Waals surface area contributed by atoms with E-state index in [1.807, 2.05) is 0 Å². The highest BCUT2D eigenvalue weighted by Gasteiger charge is 2.20. The maximum Gasteiger partial charge on any atom is 0.338 e. The molecule has 27 heavy (non-hydrogen) atoms. The predicted molar refractivity (Wildman–Crippen MR) is 96.3 cm³/mol. The highest BCUT2D eigenvalue weighted by Crippen LogP contribution is 2.38. The molecule has 0 atom stereocenters. The molecule has 2 aromatic carbocycles. The van der Waals surface area contributed by atoms with Gasteiger partial charge in [-0.25, -0.2) is 4.79 Å². The van der Waals surface area contributed by atoms with E-state index in [4.69, 9.17) is 41.9 Å². The summed E-state index contributed by atoms with van der Waals surface area (Å²) in [5, 5.41) is 4.75. The Morgan fingerprint density at radius 2 is 1.89 bits per heavy atom. The van der Waals surface area contributed by atoms with Crippen molar-refractivity contribution in [3.05, 3.63) is 57.9 Å². The molecule has 0 spiro atoms. The molecule has 3 aromatic rings. The zero-order chi connectivity index (χ0) is 18.8. The lowest BCUT2D eigenvalue weighted by atomic mass is 10.2. The third kappa shape index (κ3) is 3.84. The average Bonchev–Trinajstić information content (AvgIpc) is 3.15. The number of benzene rings is 2. The molecule has 138 valence electrons. The van der Waals surface area contributed by atoms with E-state index in [0.717, 1.165) is 5.56 Å². The lowest BCUT2D eigenvalue weighted by molar-refractivity contribution is 0.0429. The van der Waals surface area contributed by atoms with E-state index in [1.54, 1.807) is 24.3 Å². The number of aromatic nitrogens is 2. The summed E-state index contributed by atoms with van der Waals surface area (Å²) in [7, 11) is 0. The van der Waals surface area contributed by atoms with Gasteiger partial charge >= 0.3 is 5.97 Å². The van der Waals surface area contributed by atoms with Crippen molar-refractivity contribution in [2.45, 2.75) is 6.61 Å². The van der Waals surface area contributed by atoms with E-state index in [-0.39, 0.29) is 23.1 Å². The number of nitrogens with zero attached hydrogens (tertiary/aromatic N) is 2. The van der Waals surface area contributed by atoms with E-state index in [2.05, 4.69) is 10.1 Å². The van der Waals surface area contributed by atoms with E-state index < -0.39 is 5.97 Å². The Hall–Kier alpha value is -2.77. The number of fused-ring (bicyclic) bond motifs is 1. The number of carbonyl (C=O) groups excluding carboxylic acids is 1. The van der Waals surface area contributed by atoms with Crippen LogP contribution in [-0.2, 0) is 11.3 Å². The first-order valence-corrected chi connectivity index (χ1v) is 8.70. The van der Waals surface area contributed by atoms with Crippen molar-refractivity contribution in [1.29, 1.82) is 0 Å². The third-order valence-electron chi connectivity index (χ3n) is 3.73. The number of carbonyl (C=O) groups is 1. The largest absolute Gasteiger partial charge is 0.486 e. The molecule has 4 rings (SSSR count). The van der Waals surface area contributed by atoms with E-state index >= 15 is 0 Å². The van der Waals surface area contributed by atoms with Gasteiger partial charge in [-0.2, -0.15) is 4.98 Å². The van der Waals surface area contributed by atoms with Gasteiger partial charge in [0.05, 0.1) is 10.6 Å². The van der Waals surface area contributed by atoms with E-state index in [1.165, 1.54) is 12.1 Å². The van der Waals surface area contributed by atoms with Crippen LogP contribution in [0.3, 0.4) is 0 Å². The quantitative estimate of drug-likeness (QED) is 0.600. The zero-order valence-corrected chi connectivity index (χ0v) is 15.3. The first kappa shape index (κ1) is 17.6. The van der Waals surface area contributed by atoms with Gasteiger partial charge in [0, 0.05) is 10.6 Å². The van der Waals surface area contributed by atoms with Crippen LogP contribution in [0.4, 0.5) is 0 Å². The molecule has 0 saturated heterocycles. The van der Waals surface area contributed by atoms with Crippen molar-refractivity contribution in [1.82, 2.24) is 10.1 Å². The summed E-state index contributed by atoms with van der Waals surface area (Å²) in [5.74, 6) is 0.768. The van der Waals surface area contributed by atoms with Crippen LogP contribution in [-0.4, -0.2) is 29.3 Å². The first-order chi connectivity index (χ1) is 13.1. The Balaban J connectivity index is 1.44. The Bertz CT molecular complexity index is 988. The van der Waals surface area contributed by atoms with Crippen LogP contribution in [0.5, 0.6) is 11.5 Å². The van der Waals surface area contributed by atoms with Crippen LogP contribution in [0.1, 0.15) is 16.2 Å². The zero-order valence-electron chi connectivity index (χ0n) is 13.8. The molecule has 7 nitrogen and oxygen atoms in total. The summed E-state index contributed by atoms with van der Waals surface area (Å²) >= 11 is 12.0. The van der Waals surface area contributed by atoms with Crippen molar-refractivity contribution < 1.29 is 23.5 Å². The minimum atomic E-state index is -0.597. The predicted octanol–water partition coefficient (Wildman–Crippen LogP) is 4.17. The number of rotatable bonds is 4.